The summed E-state index contributed by atoms with van der Waals surface area (Å²) in [6.45, 7) is -1.28. The molecule has 122 valence electrons. The van der Waals surface area contributed by atoms with Crippen molar-refractivity contribution in [2.75, 3.05) is 18.2 Å². The average molecular weight is 401 g/mol. The van der Waals surface area contributed by atoms with E-state index in [1.165, 1.54) is 0 Å². The monoisotopic (exact) mass is 399 g/mol. The minimum atomic E-state index is -3.07. The van der Waals surface area contributed by atoms with Crippen molar-refractivity contribution < 1.29 is 17.6 Å². The van der Waals surface area contributed by atoms with E-state index in [1.54, 1.807) is 0 Å². The fourth-order valence-electron chi connectivity index (χ4n) is 1.67. The molecule has 1 heterocycles. The van der Waals surface area contributed by atoms with Crippen LogP contribution in [0.4, 0.5) is 4.39 Å². The fraction of sp³-hybridized carbons (Fsp3) is 0.778. The zero-order chi connectivity index (χ0) is 16.3. The number of nitrogens with one attached hydrogen (secondary N) is 3. The first-order valence-electron chi connectivity index (χ1n) is 5.73. The molecule has 0 aromatic rings. The van der Waals surface area contributed by atoms with Gasteiger partial charge in [0.05, 0.1) is 11.5 Å². The maximum atomic E-state index is 12.2. The molecule has 0 aliphatic carbocycles. The summed E-state index contributed by atoms with van der Waals surface area (Å²) in [5.41, 5.74) is 0. The summed E-state index contributed by atoms with van der Waals surface area (Å²) in [6, 6.07) is -0.358. The number of hydrogen-bond donors (Lipinski definition) is 3. The summed E-state index contributed by atoms with van der Waals surface area (Å²) in [5.74, 6) is -0.964. The first-order valence-corrected chi connectivity index (χ1v) is 9.09. The number of halogens is 4. The second-order valence-corrected chi connectivity index (χ2v) is 9.40. The van der Waals surface area contributed by atoms with Crippen molar-refractivity contribution in [3.63, 3.8) is 0 Å². The number of hydrogen-bond acceptors (Lipinski definition) is 4. The van der Waals surface area contributed by atoms with Gasteiger partial charge in [0.15, 0.2) is 21.6 Å². The number of alkyl halides is 4. The maximum Gasteiger partial charge on any atom is 0.253 e. The van der Waals surface area contributed by atoms with Gasteiger partial charge in [0, 0.05) is 6.04 Å². The zero-order valence-electron chi connectivity index (χ0n) is 10.5. The Morgan fingerprint density at radius 1 is 1.38 bits per heavy atom. The van der Waals surface area contributed by atoms with Gasteiger partial charge in [-0.3, -0.25) is 4.79 Å². The number of thiocarbonyl (C=S) groups is 1. The lowest BCUT2D eigenvalue weighted by Gasteiger charge is -2.28. The molecule has 0 saturated carbocycles. The number of rotatable bonds is 4. The van der Waals surface area contributed by atoms with Crippen LogP contribution in [-0.4, -0.2) is 53.6 Å². The Balaban J connectivity index is 2.58. The predicted molar refractivity (Wildman–Crippen MR) is 84.1 cm³/mol. The Hall–Kier alpha value is -0.0900. The van der Waals surface area contributed by atoms with Crippen LogP contribution >= 0.6 is 47.0 Å². The summed E-state index contributed by atoms with van der Waals surface area (Å²) < 4.78 is 32.9. The topological polar surface area (TPSA) is 87.3 Å². The molecule has 0 bridgehead atoms. The minimum absolute atomic E-state index is 0.00687. The first kappa shape index (κ1) is 19.0. The summed E-state index contributed by atoms with van der Waals surface area (Å²) >= 11 is 21.9. The summed E-state index contributed by atoms with van der Waals surface area (Å²) in [6.07, 6.45) is -0.858. The third-order valence-corrected chi connectivity index (χ3v) is 5.26. The van der Waals surface area contributed by atoms with E-state index in [9.17, 15) is 17.6 Å². The molecule has 3 N–H and O–H groups in total. The molecule has 21 heavy (non-hydrogen) atoms. The number of carbonyl (C=O) groups is 1. The molecular formula is C9H13Cl3FN3O3S2. The van der Waals surface area contributed by atoms with Crippen LogP contribution < -0.4 is 16.0 Å². The van der Waals surface area contributed by atoms with Crippen LogP contribution in [0.2, 0.25) is 0 Å². The molecule has 2 atom stereocenters. The van der Waals surface area contributed by atoms with E-state index in [0.29, 0.717) is 6.42 Å². The summed E-state index contributed by atoms with van der Waals surface area (Å²) in [7, 11) is -3.07. The van der Waals surface area contributed by atoms with Gasteiger partial charge in [0.1, 0.15) is 6.17 Å². The van der Waals surface area contributed by atoms with Crippen LogP contribution in [0, 0.1) is 0 Å². The highest BCUT2D eigenvalue weighted by molar-refractivity contribution is 7.91. The van der Waals surface area contributed by atoms with Gasteiger partial charge >= 0.3 is 0 Å². The van der Waals surface area contributed by atoms with Crippen LogP contribution in [0.5, 0.6) is 0 Å². The molecule has 0 radical (unpaired) electrons. The van der Waals surface area contributed by atoms with E-state index in [2.05, 4.69) is 16.0 Å². The molecule has 1 aliphatic heterocycles. The Kier molecular flexibility index (Phi) is 6.73. The second kappa shape index (κ2) is 7.45. The molecule has 1 amide bonds. The zero-order valence-corrected chi connectivity index (χ0v) is 14.4. The highest BCUT2D eigenvalue weighted by atomic mass is 35.6. The number of sulfone groups is 1. The largest absolute Gasteiger partial charge is 0.359 e. The normalized spacial score (nSPS) is 22.4. The summed E-state index contributed by atoms with van der Waals surface area (Å²) in [5, 5.41) is 7.36. The Morgan fingerprint density at radius 2 is 2.00 bits per heavy atom. The van der Waals surface area contributed by atoms with Crippen molar-refractivity contribution in [2.45, 2.75) is 22.4 Å². The quantitative estimate of drug-likeness (QED) is 0.360. The number of carbonyl (C=O) groups excluding carboxylic acids is 1. The van der Waals surface area contributed by atoms with Gasteiger partial charge in [0.2, 0.25) is 3.79 Å². The van der Waals surface area contributed by atoms with Crippen molar-refractivity contribution in [1.29, 1.82) is 0 Å². The van der Waals surface area contributed by atoms with Gasteiger partial charge in [0.25, 0.3) is 5.91 Å². The smallest absolute Gasteiger partial charge is 0.253 e. The van der Waals surface area contributed by atoms with Gasteiger partial charge in [-0.15, -0.1) is 0 Å². The SMILES string of the molecule is O=C(CF)N[C@H](NC(=S)N[C@H]1CCS(=O)(=O)C1)C(Cl)(Cl)Cl. The minimum Gasteiger partial charge on any atom is -0.359 e. The average Bonchev–Trinajstić information content (AvgIpc) is 2.66. The van der Waals surface area contributed by atoms with E-state index >= 15 is 0 Å². The fourth-order valence-corrected chi connectivity index (χ4v) is 3.95. The highest BCUT2D eigenvalue weighted by Gasteiger charge is 2.35. The first-order chi connectivity index (χ1) is 9.53. The molecule has 0 aromatic heterocycles. The third kappa shape index (κ3) is 6.68. The lowest BCUT2D eigenvalue weighted by atomic mass is 10.3. The van der Waals surface area contributed by atoms with Crippen LogP contribution in [0.1, 0.15) is 6.42 Å². The van der Waals surface area contributed by atoms with Gasteiger partial charge in [-0.05, 0) is 18.6 Å². The molecule has 0 aromatic carbocycles. The second-order valence-electron chi connectivity index (χ2n) is 4.39. The summed E-state index contributed by atoms with van der Waals surface area (Å²) in [4.78, 5) is 11.0. The molecule has 6 nitrogen and oxygen atoms in total. The van der Waals surface area contributed by atoms with E-state index in [4.69, 9.17) is 47.0 Å². The highest BCUT2D eigenvalue weighted by Crippen LogP contribution is 2.29. The molecule has 0 spiro atoms. The van der Waals surface area contributed by atoms with E-state index in [-0.39, 0.29) is 22.7 Å². The van der Waals surface area contributed by atoms with E-state index in [0.717, 1.165) is 0 Å². The standard InChI is InChI=1S/C9H13Cl3FN3O3S2/c10-9(11,12)7(15-6(17)3-13)16-8(20)14-5-1-2-21(18,19)4-5/h5,7H,1-4H2,(H,15,17)(H2,14,16,20)/t5-,7+/m0/s1. The van der Waals surface area contributed by atoms with E-state index < -0.39 is 32.4 Å². The van der Waals surface area contributed by atoms with Gasteiger partial charge in [-0.1, -0.05) is 34.8 Å². The molecule has 1 saturated heterocycles. The molecule has 0 unspecified atom stereocenters. The Labute approximate surface area is 142 Å². The van der Waals surface area contributed by atoms with Crippen molar-refractivity contribution >= 4 is 67.9 Å². The van der Waals surface area contributed by atoms with E-state index in [1.807, 2.05) is 0 Å². The Bertz CT molecular complexity index is 512. The Morgan fingerprint density at radius 3 is 2.43 bits per heavy atom. The van der Waals surface area contributed by atoms with Crippen molar-refractivity contribution in [2.24, 2.45) is 0 Å². The van der Waals surface area contributed by atoms with Gasteiger partial charge in [-0.2, -0.15) is 0 Å². The molecular weight excluding hydrogens is 388 g/mol. The predicted octanol–water partition coefficient (Wildman–Crippen LogP) is 0.420. The molecule has 1 aliphatic rings. The van der Waals surface area contributed by atoms with Crippen molar-refractivity contribution in [1.82, 2.24) is 16.0 Å². The lowest BCUT2D eigenvalue weighted by Crippen LogP contribution is -2.58. The van der Waals surface area contributed by atoms with Crippen LogP contribution in [0.3, 0.4) is 0 Å². The number of amides is 1. The van der Waals surface area contributed by atoms with Gasteiger partial charge in [-0.25, -0.2) is 12.8 Å². The molecule has 12 heteroatoms. The maximum absolute atomic E-state index is 12.2. The van der Waals surface area contributed by atoms with Crippen molar-refractivity contribution in [3.05, 3.63) is 0 Å². The molecule has 1 fully saturated rings. The third-order valence-electron chi connectivity index (χ3n) is 2.60. The lowest BCUT2D eigenvalue weighted by molar-refractivity contribution is -0.122. The molecule has 1 rings (SSSR count). The van der Waals surface area contributed by atoms with Crippen LogP contribution in [0.25, 0.3) is 0 Å². The van der Waals surface area contributed by atoms with Crippen LogP contribution in [0.15, 0.2) is 0 Å². The van der Waals surface area contributed by atoms with Crippen LogP contribution in [-0.2, 0) is 14.6 Å². The van der Waals surface area contributed by atoms with Gasteiger partial charge < -0.3 is 16.0 Å². The van der Waals surface area contributed by atoms with Crippen molar-refractivity contribution in [3.8, 4) is 0 Å².